The van der Waals surface area contributed by atoms with Crippen LogP contribution in [0.4, 0.5) is 0 Å². The standard InChI is InChI=1S/C21H36/c1-6-9-13-18-14-12-16-20(19(18)15-10-7-2)21(4,5)17-11-8-3/h12,14,16H,6-11,13,15,17H2,1-5H3. The van der Waals surface area contributed by atoms with Gasteiger partial charge in [-0.05, 0) is 54.2 Å². The van der Waals surface area contributed by atoms with Crippen LogP contribution in [-0.2, 0) is 18.3 Å². The molecule has 0 N–H and O–H groups in total. The van der Waals surface area contributed by atoms with Gasteiger partial charge in [0, 0.05) is 0 Å². The average molecular weight is 289 g/mol. The van der Waals surface area contributed by atoms with Crippen LogP contribution in [0.5, 0.6) is 0 Å². The van der Waals surface area contributed by atoms with Gasteiger partial charge < -0.3 is 0 Å². The highest BCUT2D eigenvalue weighted by molar-refractivity contribution is 5.40. The van der Waals surface area contributed by atoms with Crippen LogP contribution in [0.3, 0.4) is 0 Å². The van der Waals surface area contributed by atoms with Crippen molar-refractivity contribution in [3.8, 4) is 0 Å². The van der Waals surface area contributed by atoms with E-state index >= 15 is 0 Å². The smallest absolute Gasteiger partial charge is 0.0101 e. The Morgan fingerprint density at radius 2 is 1.43 bits per heavy atom. The second-order valence-corrected chi connectivity index (χ2v) is 7.14. The molecule has 0 amide bonds. The molecule has 1 aromatic rings. The molecule has 0 radical (unpaired) electrons. The fraction of sp³-hybridized carbons (Fsp3) is 0.714. The van der Waals surface area contributed by atoms with E-state index in [2.05, 4.69) is 52.8 Å². The van der Waals surface area contributed by atoms with E-state index in [1.165, 1.54) is 57.8 Å². The van der Waals surface area contributed by atoms with E-state index in [9.17, 15) is 0 Å². The zero-order valence-corrected chi connectivity index (χ0v) is 15.1. The number of rotatable bonds is 10. The highest BCUT2D eigenvalue weighted by Crippen LogP contribution is 2.34. The summed E-state index contributed by atoms with van der Waals surface area (Å²) in [5, 5.41) is 0. The van der Waals surface area contributed by atoms with Crippen LogP contribution in [0.15, 0.2) is 18.2 Å². The van der Waals surface area contributed by atoms with E-state index in [1.807, 2.05) is 0 Å². The molecule has 21 heavy (non-hydrogen) atoms. The van der Waals surface area contributed by atoms with E-state index in [0.717, 1.165) is 0 Å². The summed E-state index contributed by atoms with van der Waals surface area (Å²) in [4.78, 5) is 0. The fourth-order valence-corrected chi connectivity index (χ4v) is 3.27. The maximum Gasteiger partial charge on any atom is -0.0101 e. The molecule has 0 saturated heterocycles. The van der Waals surface area contributed by atoms with E-state index in [1.54, 1.807) is 16.7 Å². The van der Waals surface area contributed by atoms with Crippen molar-refractivity contribution in [3.63, 3.8) is 0 Å². The maximum absolute atomic E-state index is 2.44. The third kappa shape index (κ3) is 5.49. The lowest BCUT2D eigenvalue weighted by atomic mass is 9.75. The Labute approximate surface area is 133 Å². The molecule has 0 atom stereocenters. The molecule has 0 aliphatic rings. The van der Waals surface area contributed by atoms with Gasteiger partial charge in [0.05, 0.1) is 0 Å². The zero-order valence-electron chi connectivity index (χ0n) is 15.1. The first-order chi connectivity index (χ1) is 10.1. The van der Waals surface area contributed by atoms with Crippen LogP contribution in [0.25, 0.3) is 0 Å². The number of hydrogen-bond acceptors (Lipinski definition) is 0. The van der Waals surface area contributed by atoms with Gasteiger partial charge in [-0.3, -0.25) is 0 Å². The SMILES string of the molecule is CCCCc1cccc(C(C)(C)CCCC)c1CCCC. The fourth-order valence-electron chi connectivity index (χ4n) is 3.27. The van der Waals surface area contributed by atoms with Crippen molar-refractivity contribution in [3.05, 3.63) is 34.9 Å². The van der Waals surface area contributed by atoms with Crippen molar-refractivity contribution in [2.24, 2.45) is 0 Å². The Hall–Kier alpha value is -0.780. The normalized spacial score (nSPS) is 11.9. The Morgan fingerprint density at radius 1 is 0.810 bits per heavy atom. The van der Waals surface area contributed by atoms with E-state index in [0.29, 0.717) is 5.41 Å². The topological polar surface area (TPSA) is 0 Å². The van der Waals surface area contributed by atoms with Gasteiger partial charge >= 0.3 is 0 Å². The Morgan fingerprint density at radius 3 is 2.05 bits per heavy atom. The molecule has 0 saturated carbocycles. The molecule has 0 fully saturated rings. The first-order valence-corrected chi connectivity index (χ1v) is 9.18. The van der Waals surface area contributed by atoms with Crippen molar-refractivity contribution in [2.75, 3.05) is 0 Å². The molecule has 0 aromatic heterocycles. The highest BCUT2D eigenvalue weighted by atomic mass is 14.3. The van der Waals surface area contributed by atoms with Gasteiger partial charge in [-0.25, -0.2) is 0 Å². The number of benzene rings is 1. The molecule has 0 nitrogen and oxygen atoms in total. The van der Waals surface area contributed by atoms with E-state index < -0.39 is 0 Å². The summed E-state index contributed by atoms with van der Waals surface area (Å²) in [6.45, 7) is 11.8. The molecular formula is C21H36. The van der Waals surface area contributed by atoms with Crippen LogP contribution in [-0.4, -0.2) is 0 Å². The number of hydrogen-bond donors (Lipinski definition) is 0. The number of aryl methyl sites for hydroxylation is 1. The second-order valence-electron chi connectivity index (χ2n) is 7.14. The number of unbranched alkanes of at least 4 members (excludes halogenated alkanes) is 3. The largest absolute Gasteiger partial charge is 0.0654 e. The average Bonchev–Trinajstić information content (AvgIpc) is 2.49. The van der Waals surface area contributed by atoms with Crippen LogP contribution in [0.1, 0.15) is 96.3 Å². The van der Waals surface area contributed by atoms with Gasteiger partial charge in [0.1, 0.15) is 0 Å². The van der Waals surface area contributed by atoms with Crippen LogP contribution in [0, 0.1) is 0 Å². The summed E-state index contributed by atoms with van der Waals surface area (Å²) >= 11 is 0. The third-order valence-corrected chi connectivity index (χ3v) is 4.74. The molecule has 0 spiro atoms. The van der Waals surface area contributed by atoms with Crippen LogP contribution < -0.4 is 0 Å². The molecule has 1 rings (SSSR count). The van der Waals surface area contributed by atoms with E-state index in [4.69, 9.17) is 0 Å². The molecular weight excluding hydrogens is 252 g/mol. The summed E-state index contributed by atoms with van der Waals surface area (Å²) in [7, 11) is 0. The molecule has 0 heteroatoms. The van der Waals surface area contributed by atoms with Crippen molar-refractivity contribution in [2.45, 2.75) is 97.8 Å². The zero-order chi connectivity index (χ0) is 15.7. The molecule has 0 bridgehead atoms. The monoisotopic (exact) mass is 288 g/mol. The predicted octanol–water partition coefficient (Wildman–Crippen LogP) is 6.84. The Kier molecular flexibility index (Phi) is 8.07. The van der Waals surface area contributed by atoms with Crippen molar-refractivity contribution < 1.29 is 0 Å². The van der Waals surface area contributed by atoms with Crippen molar-refractivity contribution in [1.29, 1.82) is 0 Å². The second kappa shape index (κ2) is 9.28. The molecule has 120 valence electrons. The minimum Gasteiger partial charge on any atom is -0.0654 e. The van der Waals surface area contributed by atoms with Gasteiger partial charge in [0.15, 0.2) is 0 Å². The highest BCUT2D eigenvalue weighted by Gasteiger charge is 2.23. The first-order valence-electron chi connectivity index (χ1n) is 9.18. The summed E-state index contributed by atoms with van der Waals surface area (Å²) in [5.41, 5.74) is 5.24. The van der Waals surface area contributed by atoms with E-state index in [-0.39, 0.29) is 0 Å². The van der Waals surface area contributed by atoms with Crippen molar-refractivity contribution >= 4 is 0 Å². The van der Waals surface area contributed by atoms with Gasteiger partial charge in [-0.2, -0.15) is 0 Å². The Balaban J connectivity index is 3.09. The quantitative estimate of drug-likeness (QED) is 0.442. The summed E-state index contributed by atoms with van der Waals surface area (Å²) in [5.74, 6) is 0. The van der Waals surface area contributed by atoms with Gasteiger partial charge in [0.25, 0.3) is 0 Å². The predicted molar refractivity (Wildman–Crippen MR) is 96.2 cm³/mol. The minimum atomic E-state index is 0.321. The minimum absolute atomic E-state index is 0.321. The molecule has 0 unspecified atom stereocenters. The van der Waals surface area contributed by atoms with Crippen LogP contribution in [0.2, 0.25) is 0 Å². The summed E-state index contributed by atoms with van der Waals surface area (Å²) in [6.07, 6.45) is 11.7. The lowest BCUT2D eigenvalue weighted by molar-refractivity contribution is 0.452. The van der Waals surface area contributed by atoms with Crippen molar-refractivity contribution in [1.82, 2.24) is 0 Å². The molecule has 0 heterocycles. The van der Waals surface area contributed by atoms with Gasteiger partial charge in [-0.15, -0.1) is 0 Å². The Bertz CT molecular complexity index is 400. The van der Waals surface area contributed by atoms with Gasteiger partial charge in [-0.1, -0.05) is 78.5 Å². The summed E-state index contributed by atoms with van der Waals surface area (Å²) < 4.78 is 0. The third-order valence-electron chi connectivity index (χ3n) is 4.74. The molecule has 0 aliphatic carbocycles. The maximum atomic E-state index is 2.44. The lowest BCUT2D eigenvalue weighted by Gasteiger charge is -2.29. The van der Waals surface area contributed by atoms with Crippen LogP contribution >= 0.6 is 0 Å². The lowest BCUT2D eigenvalue weighted by Crippen LogP contribution is -2.20. The molecule has 1 aromatic carbocycles. The first kappa shape index (κ1) is 18.3. The van der Waals surface area contributed by atoms with Gasteiger partial charge in [0.2, 0.25) is 0 Å². The molecule has 0 aliphatic heterocycles. The summed E-state index contributed by atoms with van der Waals surface area (Å²) in [6, 6.07) is 7.07.